The first-order valence-corrected chi connectivity index (χ1v) is 11.2. The van der Waals surface area contributed by atoms with Crippen LogP contribution in [0.4, 0.5) is 5.69 Å². The van der Waals surface area contributed by atoms with Crippen molar-refractivity contribution in [3.8, 4) is 0 Å². The summed E-state index contributed by atoms with van der Waals surface area (Å²) in [6.07, 6.45) is 9.02. The van der Waals surface area contributed by atoms with E-state index < -0.39 is 0 Å². The summed E-state index contributed by atoms with van der Waals surface area (Å²) in [5.41, 5.74) is 2.30. The van der Waals surface area contributed by atoms with Gasteiger partial charge in [-0.2, -0.15) is 0 Å². The number of hydrogen-bond donors (Lipinski definition) is 0. The molecule has 1 aromatic carbocycles. The fourth-order valence-electron chi connectivity index (χ4n) is 4.35. The molecule has 5 nitrogen and oxygen atoms in total. The molecule has 0 spiro atoms. The van der Waals surface area contributed by atoms with Gasteiger partial charge in [0.15, 0.2) is 5.16 Å². The van der Waals surface area contributed by atoms with Crippen LogP contribution in [0.2, 0.25) is 0 Å². The van der Waals surface area contributed by atoms with Gasteiger partial charge in [-0.05, 0) is 37.8 Å². The Morgan fingerprint density at radius 3 is 2.86 bits per heavy atom. The minimum Gasteiger partial charge on any atom is -0.311 e. The van der Waals surface area contributed by atoms with Crippen LogP contribution >= 0.6 is 11.8 Å². The van der Waals surface area contributed by atoms with E-state index in [1.807, 2.05) is 36.1 Å². The van der Waals surface area contributed by atoms with E-state index >= 15 is 0 Å². The first kappa shape index (κ1) is 19.2. The molecule has 6 heteroatoms. The molecule has 1 unspecified atom stereocenters. The van der Waals surface area contributed by atoms with Crippen LogP contribution in [0.3, 0.4) is 0 Å². The van der Waals surface area contributed by atoms with E-state index in [1.54, 1.807) is 0 Å². The van der Waals surface area contributed by atoms with Crippen LogP contribution in [0, 0.1) is 0 Å². The second kappa shape index (κ2) is 8.52. The molecule has 1 saturated carbocycles. The lowest BCUT2D eigenvalue weighted by Gasteiger charge is -2.23. The molecule has 1 atom stereocenters. The van der Waals surface area contributed by atoms with Crippen molar-refractivity contribution in [2.24, 2.45) is 0 Å². The number of anilines is 1. The van der Waals surface area contributed by atoms with Crippen LogP contribution in [0.25, 0.3) is 0 Å². The number of amides is 1. The van der Waals surface area contributed by atoms with Gasteiger partial charge in [-0.3, -0.25) is 4.79 Å². The van der Waals surface area contributed by atoms with Crippen molar-refractivity contribution in [3.63, 3.8) is 0 Å². The Kier molecular flexibility index (Phi) is 5.85. The summed E-state index contributed by atoms with van der Waals surface area (Å²) in [6.45, 7) is 7.33. The molecule has 4 rings (SSSR count). The van der Waals surface area contributed by atoms with E-state index in [0.717, 1.165) is 29.6 Å². The molecule has 2 aliphatic rings. The predicted molar refractivity (Wildman–Crippen MR) is 114 cm³/mol. The monoisotopic (exact) mass is 396 g/mol. The second-order valence-electron chi connectivity index (χ2n) is 7.70. The average Bonchev–Trinajstić information content (AvgIpc) is 3.33. The summed E-state index contributed by atoms with van der Waals surface area (Å²) >= 11 is 1.51. The highest BCUT2D eigenvalue weighted by Crippen LogP contribution is 2.35. The number of para-hydroxylation sites is 1. The standard InChI is InChI=1S/C22H28N4OS/c1-3-14-26-20(18-10-5-4-6-11-18)23-24-22(26)28-16(2)21(27)25-15-13-17-9-7-8-12-19(17)25/h3,7-9,12,16,18H,1,4-6,10-11,13-15H2,2H3. The number of hydrogen-bond acceptors (Lipinski definition) is 4. The molecule has 0 saturated heterocycles. The van der Waals surface area contributed by atoms with Gasteiger partial charge in [-0.15, -0.1) is 16.8 Å². The fourth-order valence-corrected chi connectivity index (χ4v) is 5.27. The van der Waals surface area contributed by atoms with Crippen LogP contribution in [0.1, 0.15) is 56.3 Å². The van der Waals surface area contributed by atoms with Crippen molar-refractivity contribution in [2.75, 3.05) is 11.4 Å². The van der Waals surface area contributed by atoms with Crippen molar-refractivity contribution in [2.45, 2.75) is 68.3 Å². The zero-order valence-corrected chi connectivity index (χ0v) is 17.3. The maximum absolute atomic E-state index is 13.1. The van der Waals surface area contributed by atoms with E-state index in [1.165, 1.54) is 49.4 Å². The third kappa shape index (κ3) is 3.75. The van der Waals surface area contributed by atoms with E-state index in [9.17, 15) is 4.79 Å². The van der Waals surface area contributed by atoms with Crippen molar-refractivity contribution >= 4 is 23.4 Å². The van der Waals surface area contributed by atoms with Crippen LogP contribution in [-0.2, 0) is 17.8 Å². The molecule has 0 N–H and O–H groups in total. The molecule has 2 heterocycles. The second-order valence-corrected chi connectivity index (χ2v) is 9.01. The Morgan fingerprint density at radius 2 is 2.07 bits per heavy atom. The van der Waals surface area contributed by atoms with Crippen LogP contribution in [-0.4, -0.2) is 32.5 Å². The summed E-state index contributed by atoms with van der Waals surface area (Å²) in [4.78, 5) is 15.0. The van der Waals surface area contributed by atoms with Crippen LogP contribution in [0.15, 0.2) is 42.1 Å². The van der Waals surface area contributed by atoms with E-state index in [-0.39, 0.29) is 11.2 Å². The Hall–Kier alpha value is -2.08. The van der Waals surface area contributed by atoms with Gasteiger partial charge < -0.3 is 9.47 Å². The molecule has 148 valence electrons. The summed E-state index contributed by atoms with van der Waals surface area (Å²) in [7, 11) is 0. The van der Waals surface area contributed by atoms with Crippen molar-refractivity contribution in [1.29, 1.82) is 0 Å². The zero-order valence-electron chi connectivity index (χ0n) is 16.5. The van der Waals surface area contributed by atoms with Crippen LogP contribution in [0.5, 0.6) is 0 Å². The number of rotatable bonds is 6. The molecule has 1 fully saturated rings. The summed E-state index contributed by atoms with van der Waals surface area (Å²) in [6, 6.07) is 8.19. The quantitative estimate of drug-likeness (QED) is 0.530. The van der Waals surface area contributed by atoms with Gasteiger partial charge in [0.1, 0.15) is 5.82 Å². The summed E-state index contributed by atoms with van der Waals surface area (Å²) in [5, 5.41) is 9.60. The Labute approximate surface area is 171 Å². The first-order chi connectivity index (χ1) is 13.7. The predicted octanol–water partition coefficient (Wildman–Crippen LogP) is 4.58. The lowest BCUT2D eigenvalue weighted by atomic mass is 9.89. The van der Waals surface area contributed by atoms with Gasteiger partial charge in [0, 0.05) is 24.7 Å². The Bertz CT molecular complexity index is 856. The van der Waals surface area contributed by atoms with Crippen molar-refractivity contribution < 1.29 is 4.79 Å². The average molecular weight is 397 g/mol. The molecule has 1 amide bonds. The molecule has 1 aromatic heterocycles. The summed E-state index contributed by atoms with van der Waals surface area (Å²) < 4.78 is 2.16. The van der Waals surface area contributed by atoms with Gasteiger partial charge in [0.25, 0.3) is 0 Å². The molecule has 0 radical (unpaired) electrons. The van der Waals surface area contributed by atoms with Crippen molar-refractivity contribution in [1.82, 2.24) is 14.8 Å². The topological polar surface area (TPSA) is 51.0 Å². The van der Waals surface area contributed by atoms with Crippen molar-refractivity contribution in [3.05, 3.63) is 48.3 Å². The maximum Gasteiger partial charge on any atom is 0.240 e. The van der Waals surface area contributed by atoms with Gasteiger partial charge in [0.05, 0.1) is 5.25 Å². The highest BCUT2D eigenvalue weighted by molar-refractivity contribution is 8.00. The highest BCUT2D eigenvalue weighted by Gasteiger charge is 2.30. The molecule has 1 aliphatic carbocycles. The number of benzene rings is 1. The number of thioether (sulfide) groups is 1. The maximum atomic E-state index is 13.1. The number of allylic oxidation sites excluding steroid dienone is 1. The van der Waals surface area contributed by atoms with Gasteiger partial charge in [-0.25, -0.2) is 0 Å². The summed E-state index contributed by atoms with van der Waals surface area (Å²) in [5.74, 6) is 1.68. The first-order valence-electron chi connectivity index (χ1n) is 10.3. The minimum atomic E-state index is -0.210. The number of carbonyl (C=O) groups is 1. The largest absolute Gasteiger partial charge is 0.311 e. The fraction of sp³-hybridized carbons (Fsp3) is 0.500. The normalized spacial score (nSPS) is 18.1. The SMILES string of the molecule is C=CCn1c(SC(C)C(=O)N2CCc3ccccc32)nnc1C1CCCCC1. The molecule has 1 aliphatic heterocycles. The molecular formula is C22H28N4OS. The van der Waals surface area contributed by atoms with E-state index in [2.05, 4.69) is 27.4 Å². The third-order valence-corrected chi connectivity index (χ3v) is 6.88. The Balaban J connectivity index is 1.51. The van der Waals surface area contributed by atoms with Gasteiger partial charge in [-0.1, -0.05) is 55.3 Å². The number of fused-ring (bicyclic) bond motifs is 1. The molecule has 2 aromatic rings. The molecule has 28 heavy (non-hydrogen) atoms. The minimum absolute atomic E-state index is 0.141. The number of carbonyl (C=O) groups excluding carboxylic acids is 1. The van der Waals surface area contributed by atoms with Gasteiger partial charge >= 0.3 is 0 Å². The third-order valence-electron chi connectivity index (χ3n) is 5.81. The molecular weight excluding hydrogens is 368 g/mol. The number of nitrogens with zero attached hydrogens (tertiary/aromatic N) is 4. The van der Waals surface area contributed by atoms with E-state index in [0.29, 0.717) is 12.5 Å². The molecule has 0 bridgehead atoms. The van der Waals surface area contributed by atoms with Crippen LogP contribution < -0.4 is 4.90 Å². The Morgan fingerprint density at radius 1 is 1.29 bits per heavy atom. The van der Waals surface area contributed by atoms with Gasteiger partial charge in [0.2, 0.25) is 5.91 Å². The lowest BCUT2D eigenvalue weighted by molar-refractivity contribution is -0.117. The smallest absolute Gasteiger partial charge is 0.240 e. The zero-order chi connectivity index (χ0) is 19.5. The lowest BCUT2D eigenvalue weighted by Crippen LogP contribution is -2.35. The highest BCUT2D eigenvalue weighted by atomic mass is 32.2. The van der Waals surface area contributed by atoms with E-state index in [4.69, 9.17) is 0 Å². The number of aromatic nitrogens is 3.